The van der Waals surface area contributed by atoms with Crippen LogP contribution < -0.4 is 15.4 Å². The molecule has 0 saturated heterocycles. The highest BCUT2D eigenvalue weighted by Gasteiger charge is 2.32. The van der Waals surface area contributed by atoms with Crippen LogP contribution in [-0.2, 0) is 6.18 Å². The van der Waals surface area contributed by atoms with Crippen LogP contribution in [0.25, 0.3) is 0 Å². The zero-order chi connectivity index (χ0) is 23.3. The van der Waals surface area contributed by atoms with Crippen molar-refractivity contribution in [1.29, 1.82) is 0 Å². The van der Waals surface area contributed by atoms with Crippen LogP contribution in [0.4, 0.5) is 43.7 Å². The van der Waals surface area contributed by atoms with E-state index < -0.39 is 30.6 Å². The summed E-state index contributed by atoms with van der Waals surface area (Å²) in [5.74, 6) is -1.36. The van der Waals surface area contributed by atoms with Crippen LogP contribution >= 0.6 is 0 Å². The van der Waals surface area contributed by atoms with Crippen molar-refractivity contribution < 1.29 is 35.9 Å². The van der Waals surface area contributed by atoms with Gasteiger partial charge in [-0.1, -0.05) is 0 Å². The van der Waals surface area contributed by atoms with Gasteiger partial charge in [0.25, 0.3) is 12.3 Å². The van der Waals surface area contributed by atoms with Crippen molar-refractivity contribution in [3.05, 3.63) is 60.4 Å². The molecule has 8 nitrogen and oxygen atoms in total. The Morgan fingerprint density at radius 2 is 1.78 bits per heavy atom. The Morgan fingerprint density at radius 3 is 2.44 bits per heavy atom. The van der Waals surface area contributed by atoms with Gasteiger partial charge in [0.1, 0.15) is 22.8 Å². The summed E-state index contributed by atoms with van der Waals surface area (Å²) < 4.78 is 80.2. The number of rotatable bonds is 7. The smallest absolute Gasteiger partial charge is 0.433 e. The van der Waals surface area contributed by atoms with Crippen LogP contribution in [-0.4, -0.2) is 38.6 Å². The van der Waals surface area contributed by atoms with Crippen LogP contribution in [0.3, 0.4) is 0 Å². The molecule has 14 heteroatoms. The molecule has 0 radical (unpaired) electrons. The number of nitrogens with one attached hydrogen (secondary N) is 2. The van der Waals surface area contributed by atoms with E-state index >= 15 is 0 Å². The average Bonchev–Trinajstić information content (AvgIpc) is 2.75. The molecule has 0 aliphatic heterocycles. The Kier molecular flexibility index (Phi) is 6.70. The van der Waals surface area contributed by atoms with E-state index in [1.54, 1.807) is 0 Å². The number of halogens is 6. The predicted molar refractivity (Wildman–Crippen MR) is 98.3 cm³/mol. The first-order valence-corrected chi connectivity index (χ1v) is 8.61. The molecule has 0 fully saturated rings. The van der Waals surface area contributed by atoms with Gasteiger partial charge in [-0.05, 0) is 18.2 Å². The summed E-state index contributed by atoms with van der Waals surface area (Å²) in [6, 6.07) is 4.14. The van der Waals surface area contributed by atoms with Gasteiger partial charge in [-0.15, -0.1) is 0 Å². The first-order valence-electron chi connectivity index (χ1n) is 8.61. The first-order chi connectivity index (χ1) is 15.1. The number of pyridine rings is 2. The van der Waals surface area contributed by atoms with Crippen molar-refractivity contribution in [2.75, 3.05) is 10.6 Å². The van der Waals surface area contributed by atoms with Crippen LogP contribution in [0.2, 0.25) is 0 Å². The Balaban J connectivity index is 1.72. The molecule has 168 valence electrons. The van der Waals surface area contributed by atoms with Crippen molar-refractivity contribution in [3.8, 4) is 5.75 Å². The fourth-order valence-corrected chi connectivity index (χ4v) is 2.25. The second-order valence-electron chi connectivity index (χ2n) is 5.95. The van der Waals surface area contributed by atoms with Crippen LogP contribution in [0.1, 0.15) is 16.2 Å². The number of anilines is 3. The van der Waals surface area contributed by atoms with Gasteiger partial charge in [-0.25, -0.2) is 23.7 Å². The molecule has 3 aromatic heterocycles. The Labute approximate surface area is 175 Å². The molecule has 1 unspecified atom stereocenters. The molecular formula is C18H12F6N6O2. The van der Waals surface area contributed by atoms with Gasteiger partial charge >= 0.3 is 12.6 Å². The fraction of sp³-hybridized carbons (Fsp3) is 0.167. The molecule has 1 amide bonds. The number of carbonyl (C=O) groups excluding carboxylic acids is 1. The third-order valence-electron chi connectivity index (χ3n) is 3.67. The molecule has 32 heavy (non-hydrogen) atoms. The quantitative estimate of drug-likeness (QED) is 0.511. The third-order valence-corrected chi connectivity index (χ3v) is 3.67. The maximum Gasteiger partial charge on any atom is 0.433 e. The number of hydrogen-bond donors (Lipinski definition) is 2. The number of ether oxygens (including phenoxy) is 1. The number of amides is 1. The summed E-state index contributed by atoms with van der Waals surface area (Å²) in [7, 11) is 0. The highest BCUT2D eigenvalue weighted by molar-refractivity contribution is 6.03. The lowest BCUT2D eigenvalue weighted by molar-refractivity contribution is -0.141. The first kappa shape index (κ1) is 22.7. The van der Waals surface area contributed by atoms with E-state index in [0.29, 0.717) is 0 Å². The summed E-state index contributed by atoms with van der Waals surface area (Å²) in [6.45, 7) is 0. The fourth-order valence-electron chi connectivity index (χ4n) is 2.25. The minimum absolute atomic E-state index is 0.125. The molecule has 3 aromatic rings. The monoisotopic (exact) mass is 458 g/mol. The number of nitrogens with zero attached hydrogens (tertiary/aromatic N) is 4. The van der Waals surface area contributed by atoms with Crippen molar-refractivity contribution in [3.63, 3.8) is 0 Å². The lowest BCUT2D eigenvalue weighted by Gasteiger charge is -2.14. The summed E-state index contributed by atoms with van der Waals surface area (Å²) in [4.78, 5) is 27.2. The van der Waals surface area contributed by atoms with Gasteiger partial charge in [0, 0.05) is 18.5 Å². The van der Waals surface area contributed by atoms with E-state index in [9.17, 15) is 31.1 Å². The lowest BCUT2D eigenvalue weighted by Crippen LogP contribution is -2.21. The lowest BCUT2D eigenvalue weighted by atomic mass is 10.3. The molecule has 0 aliphatic rings. The third kappa shape index (κ3) is 5.80. The molecule has 1 atom stereocenters. The van der Waals surface area contributed by atoms with Gasteiger partial charge in [0.05, 0.1) is 18.1 Å². The number of carbonyl (C=O) groups is 1. The summed E-state index contributed by atoms with van der Waals surface area (Å²) in [5, 5.41) is 4.88. The van der Waals surface area contributed by atoms with E-state index in [-0.39, 0.29) is 28.8 Å². The van der Waals surface area contributed by atoms with E-state index in [1.165, 1.54) is 12.3 Å². The van der Waals surface area contributed by atoms with Gasteiger partial charge in [0.2, 0.25) is 5.95 Å². The normalized spacial score (nSPS) is 12.3. The molecule has 0 saturated carbocycles. The Hall–Kier alpha value is -3.97. The molecule has 0 spiro atoms. The largest absolute Gasteiger partial charge is 0.452 e. The van der Waals surface area contributed by atoms with Crippen LogP contribution in [0.5, 0.6) is 5.75 Å². The number of aromatic nitrogens is 4. The SMILES string of the molecule is O=C(Nc1cnccc1OC(F)C(F)F)c1ccnc(Nc2ccc(C(F)(F)F)nc2)n1. The standard InChI is InChI=1S/C18H12F6N6O2/c19-14(20)15(21)32-12-4-5-25-8-11(12)29-16(31)10-3-6-26-17(30-10)28-9-1-2-13(27-7-9)18(22,23)24/h1-8,14-15H,(H,29,31)(H,26,28,30). The van der Waals surface area contributed by atoms with Gasteiger partial charge in [-0.3, -0.25) is 9.78 Å². The molecule has 2 N–H and O–H groups in total. The molecule has 0 aliphatic carbocycles. The van der Waals surface area contributed by atoms with Gasteiger partial charge in [0.15, 0.2) is 0 Å². The predicted octanol–water partition coefficient (Wildman–Crippen LogP) is 4.22. The highest BCUT2D eigenvalue weighted by Crippen LogP contribution is 2.28. The Morgan fingerprint density at radius 1 is 1.00 bits per heavy atom. The molecular weight excluding hydrogens is 446 g/mol. The second-order valence-corrected chi connectivity index (χ2v) is 5.95. The van der Waals surface area contributed by atoms with Gasteiger partial charge in [-0.2, -0.15) is 17.6 Å². The molecule has 3 rings (SSSR count). The summed E-state index contributed by atoms with van der Waals surface area (Å²) in [6.07, 6.45) is -6.61. The van der Waals surface area contributed by atoms with Gasteiger partial charge < -0.3 is 15.4 Å². The zero-order valence-corrected chi connectivity index (χ0v) is 15.6. The minimum atomic E-state index is -4.60. The zero-order valence-electron chi connectivity index (χ0n) is 15.6. The average molecular weight is 458 g/mol. The van der Waals surface area contributed by atoms with E-state index in [2.05, 4.69) is 35.3 Å². The number of hydrogen-bond acceptors (Lipinski definition) is 7. The van der Waals surface area contributed by atoms with E-state index in [4.69, 9.17) is 0 Å². The highest BCUT2D eigenvalue weighted by atomic mass is 19.4. The van der Waals surface area contributed by atoms with E-state index in [1.807, 2.05) is 0 Å². The maximum atomic E-state index is 13.2. The summed E-state index contributed by atoms with van der Waals surface area (Å²) >= 11 is 0. The topological polar surface area (TPSA) is 102 Å². The molecule has 0 bridgehead atoms. The van der Waals surface area contributed by atoms with Crippen LogP contribution in [0, 0.1) is 0 Å². The van der Waals surface area contributed by atoms with Crippen LogP contribution in [0.15, 0.2) is 49.1 Å². The maximum absolute atomic E-state index is 13.2. The van der Waals surface area contributed by atoms with Crippen molar-refractivity contribution in [2.24, 2.45) is 0 Å². The number of alkyl halides is 6. The minimum Gasteiger partial charge on any atom is -0.452 e. The van der Waals surface area contributed by atoms with Crippen molar-refractivity contribution in [1.82, 2.24) is 19.9 Å². The molecule has 3 heterocycles. The van der Waals surface area contributed by atoms with Crippen molar-refractivity contribution in [2.45, 2.75) is 19.0 Å². The van der Waals surface area contributed by atoms with E-state index in [0.717, 1.165) is 36.8 Å². The Bertz CT molecular complexity index is 1080. The molecule has 0 aromatic carbocycles. The second kappa shape index (κ2) is 9.45. The summed E-state index contributed by atoms with van der Waals surface area (Å²) in [5.41, 5.74) is -1.36. The van der Waals surface area contributed by atoms with Crippen molar-refractivity contribution >= 4 is 23.2 Å².